The molecule has 1 unspecified atom stereocenters. The summed E-state index contributed by atoms with van der Waals surface area (Å²) in [4.78, 5) is 18.1. The lowest BCUT2D eigenvalue weighted by Gasteiger charge is -2.14. The maximum atomic E-state index is 12.5. The molecule has 0 aromatic carbocycles. The first kappa shape index (κ1) is 18.3. The summed E-state index contributed by atoms with van der Waals surface area (Å²) < 4.78 is 38.8. The Labute approximate surface area is 149 Å². The highest BCUT2D eigenvalue weighted by molar-refractivity contribution is 5.78. The van der Waals surface area contributed by atoms with Gasteiger partial charge in [-0.3, -0.25) is 10.1 Å². The van der Waals surface area contributed by atoms with E-state index in [1.807, 2.05) is 0 Å². The van der Waals surface area contributed by atoms with Crippen LogP contribution in [0.1, 0.15) is 11.7 Å². The Hall–Kier alpha value is -3.54. The number of alkyl halides is 3. The molecule has 3 rings (SSSR count). The lowest BCUT2D eigenvalue weighted by atomic mass is 10.1. The first-order chi connectivity index (χ1) is 12.7. The third-order valence-electron chi connectivity index (χ3n) is 3.66. The van der Waals surface area contributed by atoms with E-state index in [0.717, 1.165) is 12.3 Å². The number of halogens is 3. The van der Waals surface area contributed by atoms with E-state index in [9.17, 15) is 28.4 Å². The van der Waals surface area contributed by atoms with Crippen molar-refractivity contribution in [3.63, 3.8) is 0 Å². The van der Waals surface area contributed by atoms with Gasteiger partial charge in [0.2, 0.25) is 5.82 Å². The number of hydrogen-bond donors (Lipinski definition) is 2. The third kappa shape index (κ3) is 3.55. The predicted octanol–water partition coefficient (Wildman–Crippen LogP) is 2.42. The second-order valence-electron chi connectivity index (χ2n) is 5.42. The van der Waals surface area contributed by atoms with Crippen molar-refractivity contribution in [2.75, 3.05) is 5.73 Å². The van der Waals surface area contributed by atoms with Crippen LogP contribution < -0.4 is 5.73 Å². The zero-order chi connectivity index (χ0) is 19.8. The van der Waals surface area contributed by atoms with Crippen LogP contribution in [-0.4, -0.2) is 36.0 Å². The van der Waals surface area contributed by atoms with Gasteiger partial charge in [0, 0.05) is 29.7 Å². The molecular weight excluding hydrogens is 369 g/mol. The number of rotatable bonds is 4. The Balaban J connectivity index is 1.94. The van der Waals surface area contributed by atoms with Crippen LogP contribution in [0.4, 0.5) is 24.7 Å². The molecule has 0 amide bonds. The van der Waals surface area contributed by atoms with Gasteiger partial charge in [0.1, 0.15) is 0 Å². The fourth-order valence-electron chi connectivity index (χ4n) is 2.37. The van der Waals surface area contributed by atoms with E-state index < -0.39 is 22.8 Å². The predicted molar refractivity (Wildman–Crippen MR) is 86.7 cm³/mol. The fraction of sp³-hybridized carbons (Fsp3) is 0.133. The first-order valence-corrected chi connectivity index (χ1v) is 7.33. The summed E-state index contributed by atoms with van der Waals surface area (Å²) in [5.41, 5.74) is 5.28. The first-order valence-electron chi connectivity index (χ1n) is 7.33. The smallest absolute Gasteiger partial charge is 0.379 e. The van der Waals surface area contributed by atoms with Crippen LogP contribution >= 0.6 is 0 Å². The summed E-state index contributed by atoms with van der Waals surface area (Å²) in [5, 5.41) is 24.4. The summed E-state index contributed by atoms with van der Waals surface area (Å²) in [7, 11) is 0. The molecule has 0 saturated carbocycles. The van der Waals surface area contributed by atoms with E-state index in [2.05, 4.69) is 15.1 Å². The third-order valence-corrected chi connectivity index (χ3v) is 3.66. The van der Waals surface area contributed by atoms with E-state index in [0.29, 0.717) is 5.56 Å². The molecular formula is C15H11F3N6O3. The molecule has 0 spiro atoms. The van der Waals surface area contributed by atoms with Gasteiger partial charge in [-0.1, -0.05) is 6.07 Å². The van der Waals surface area contributed by atoms with Crippen LogP contribution in [0.2, 0.25) is 0 Å². The highest BCUT2D eigenvalue weighted by Crippen LogP contribution is 2.34. The normalized spacial score (nSPS) is 12.7. The number of aliphatic hydroxyl groups is 1. The van der Waals surface area contributed by atoms with Gasteiger partial charge >= 0.3 is 11.9 Å². The van der Waals surface area contributed by atoms with Gasteiger partial charge in [-0.25, -0.2) is 14.6 Å². The molecule has 9 nitrogen and oxygen atoms in total. The molecule has 0 aliphatic carbocycles. The number of aliphatic hydroxyl groups excluding tert-OH is 1. The van der Waals surface area contributed by atoms with Crippen LogP contribution in [0.25, 0.3) is 16.9 Å². The SMILES string of the molecule is Nc1nccc(-c2cnn(-c3ccc(C(O)C(F)(F)F)cn3)c2)c1[N+](=O)[O-]. The van der Waals surface area contributed by atoms with Crippen molar-refractivity contribution in [2.24, 2.45) is 0 Å². The molecule has 12 heteroatoms. The quantitative estimate of drug-likeness (QED) is 0.524. The number of nitrogen functional groups attached to an aromatic ring is 1. The Morgan fingerprint density at radius 2 is 1.96 bits per heavy atom. The highest BCUT2D eigenvalue weighted by atomic mass is 19.4. The molecule has 3 heterocycles. The van der Waals surface area contributed by atoms with E-state index in [1.165, 1.54) is 35.4 Å². The largest absolute Gasteiger partial charge is 0.418 e. The van der Waals surface area contributed by atoms with Crippen molar-refractivity contribution in [2.45, 2.75) is 12.3 Å². The maximum absolute atomic E-state index is 12.5. The molecule has 3 aromatic rings. The molecule has 1 atom stereocenters. The standard InChI is InChI=1S/C15H11F3N6O3/c16-15(17,18)13(25)8-1-2-11(21-5-8)23-7-9(6-22-23)10-3-4-20-14(19)12(10)24(26)27/h1-7,13,25H,(H2,19,20). The molecule has 0 radical (unpaired) electrons. The van der Waals surface area contributed by atoms with Gasteiger partial charge in [-0.2, -0.15) is 18.3 Å². The Bertz CT molecular complexity index is 987. The van der Waals surface area contributed by atoms with Gasteiger partial charge in [-0.15, -0.1) is 0 Å². The van der Waals surface area contributed by atoms with Gasteiger partial charge in [-0.05, 0) is 12.1 Å². The Kier molecular flexibility index (Phi) is 4.49. The van der Waals surface area contributed by atoms with Crippen molar-refractivity contribution >= 4 is 11.5 Å². The number of nitrogens with zero attached hydrogens (tertiary/aromatic N) is 5. The molecule has 140 valence electrons. The fourth-order valence-corrected chi connectivity index (χ4v) is 2.37. The van der Waals surface area contributed by atoms with Gasteiger partial charge < -0.3 is 10.8 Å². The van der Waals surface area contributed by atoms with Crippen molar-refractivity contribution in [1.82, 2.24) is 19.7 Å². The lowest BCUT2D eigenvalue weighted by Crippen LogP contribution is -2.20. The van der Waals surface area contributed by atoms with E-state index in [1.54, 1.807) is 0 Å². The van der Waals surface area contributed by atoms with Crippen LogP contribution in [0.3, 0.4) is 0 Å². The summed E-state index contributed by atoms with van der Waals surface area (Å²) in [6, 6.07) is 3.69. The van der Waals surface area contributed by atoms with E-state index in [-0.39, 0.29) is 22.9 Å². The van der Waals surface area contributed by atoms with Crippen LogP contribution in [0.15, 0.2) is 43.0 Å². The molecule has 0 fully saturated rings. The highest BCUT2D eigenvalue weighted by Gasteiger charge is 2.39. The summed E-state index contributed by atoms with van der Waals surface area (Å²) in [6.45, 7) is 0. The van der Waals surface area contributed by atoms with Crippen LogP contribution in [0, 0.1) is 10.1 Å². The molecule has 3 aromatic heterocycles. The minimum atomic E-state index is -4.80. The van der Waals surface area contributed by atoms with Crippen molar-refractivity contribution in [3.05, 3.63) is 58.7 Å². The second kappa shape index (κ2) is 6.64. The monoisotopic (exact) mass is 380 g/mol. The Morgan fingerprint density at radius 1 is 1.22 bits per heavy atom. The number of nitrogens with two attached hydrogens (primary N) is 1. The minimum absolute atomic E-state index is 0.157. The van der Waals surface area contributed by atoms with Gasteiger partial charge in [0.05, 0.1) is 16.7 Å². The maximum Gasteiger partial charge on any atom is 0.418 e. The molecule has 0 bridgehead atoms. The van der Waals surface area contributed by atoms with Gasteiger partial charge in [0.25, 0.3) is 0 Å². The van der Waals surface area contributed by atoms with Crippen LogP contribution in [0.5, 0.6) is 0 Å². The second-order valence-corrected chi connectivity index (χ2v) is 5.42. The lowest BCUT2D eigenvalue weighted by molar-refractivity contribution is -0.383. The summed E-state index contributed by atoms with van der Waals surface area (Å²) in [5.74, 6) is -0.0991. The molecule has 0 aliphatic heterocycles. The number of nitro groups is 1. The topological polar surface area (TPSA) is 133 Å². The van der Waals surface area contributed by atoms with E-state index in [4.69, 9.17) is 5.73 Å². The summed E-state index contributed by atoms with van der Waals surface area (Å²) >= 11 is 0. The molecule has 0 saturated heterocycles. The molecule has 0 aliphatic rings. The van der Waals surface area contributed by atoms with E-state index >= 15 is 0 Å². The van der Waals surface area contributed by atoms with Crippen molar-refractivity contribution < 1.29 is 23.2 Å². The number of pyridine rings is 2. The summed E-state index contributed by atoms with van der Waals surface area (Å²) in [6.07, 6.45) is -2.54. The van der Waals surface area contributed by atoms with Crippen molar-refractivity contribution in [1.29, 1.82) is 0 Å². The molecule has 27 heavy (non-hydrogen) atoms. The zero-order valence-corrected chi connectivity index (χ0v) is 13.3. The Morgan fingerprint density at radius 3 is 2.56 bits per heavy atom. The average Bonchev–Trinajstić information content (AvgIpc) is 3.10. The molecule has 3 N–H and O–H groups in total. The number of anilines is 1. The minimum Gasteiger partial charge on any atom is -0.379 e. The van der Waals surface area contributed by atoms with Crippen LogP contribution in [-0.2, 0) is 0 Å². The average molecular weight is 380 g/mol. The number of hydrogen-bond acceptors (Lipinski definition) is 7. The zero-order valence-electron chi connectivity index (χ0n) is 13.3. The van der Waals surface area contributed by atoms with Crippen molar-refractivity contribution in [3.8, 4) is 16.9 Å². The number of aromatic nitrogens is 4. The van der Waals surface area contributed by atoms with Gasteiger partial charge in [0.15, 0.2) is 11.9 Å².